The van der Waals surface area contributed by atoms with Crippen molar-refractivity contribution in [1.82, 2.24) is 4.31 Å². The van der Waals surface area contributed by atoms with Gasteiger partial charge in [-0.1, -0.05) is 68.3 Å². The Morgan fingerprint density at radius 3 is 2.43 bits per heavy atom. The van der Waals surface area contributed by atoms with E-state index in [2.05, 4.69) is 23.4 Å². The average molecular weight is 495 g/mol. The van der Waals surface area contributed by atoms with Crippen LogP contribution in [0.1, 0.15) is 29.7 Å². The highest BCUT2D eigenvalue weighted by Gasteiger charge is 2.31. The van der Waals surface area contributed by atoms with Gasteiger partial charge < -0.3 is 15.4 Å². The Labute approximate surface area is 208 Å². The summed E-state index contributed by atoms with van der Waals surface area (Å²) in [6, 6.07) is 16.4. The van der Waals surface area contributed by atoms with E-state index in [1.807, 2.05) is 32.0 Å². The Balaban J connectivity index is 1.94. The molecule has 3 aromatic carbocycles. The van der Waals surface area contributed by atoms with Crippen molar-refractivity contribution >= 4 is 41.8 Å². The van der Waals surface area contributed by atoms with Gasteiger partial charge >= 0.3 is 6.03 Å². The molecule has 2 N–H and O–H groups in total. The predicted octanol–water partition coefficient (Wildman–Crippen LogP) is 5.53. The van der Waals surface area contributed by atoms with Crippen LogP contribution in [0.25, 0.3) is 0 Å². The predicted molar refractivity (Wildman–Crippen MR) is 138 cm³/mol. The third-order valence-corrected chi connectivity index (χ3v) is 5.85. The molecular formula is C25H26N4O5S. The van der Waals surface area contributed by atoms with E-state index in [4.69, 9.17) is 4.74 Å². The van der Waals surface area contributed by atoms with Crippen molar-refractivity contribution in [2.75, 3.05) is 17.7 Å². The number of hydrogen-bond donors (Lipinski definition) is 3. The third kappa shape index (κ3) is 5.90. The monoisotopic (exact) mass is 494 g/mol. The summed E-state index contributed by atoms with van der Waals surface area (Å²) in [5, 5.41) is 16.7. The summed E-state index contributed by atoms with van der Waals surface area (Å²) in [4.78, 5) is 37.3. The van der Waals surface area contributed by atoms with Crippen LogP contribution in [0.5, 0.6) is 5.75 Å². The number of ether oxygens (including phenoxy) is 1. The first-order valence-corrected chi connectivity index (χ1v) is 11.2. The molecule has 0 aliphatic carbocycles. The van der Waals surface area contributed by atoms with E-state index >= 15 is 0 Å². The van der Waals surface area contributed by atoms with Gasteiger partial charge in [0.15, 0.2) is 0 Å². The SMILES string of the molecule is CCc1cccc(C)c1NC(=O)C(c1ccccc1)N(S)C(=O)Nc1cc([N+](=O)[O-])ccc1OC. The van der Waals surface area contributed by atoms with Crippen LogP contribution in [0.15, 0.2) is 66.7 Å². The minimum Gasteiger partial charge on any atom is -0.495 e. The van der Waals surface area contributed by atoms with Crippen LogP contribution in [-0.2, 0) is 11.2 Å². The number of thiol groups is 1. The minimum absolute atomic E-state index is 0.0742. The Morgan fingerprint density at radius 2 is 1.80 bits per heavy atom. The lowest BCUT2D eigenvalue weighted by Crippen LogP contribution is -2.38. The number of para-hydroxylation sites is 1. The summed E-state index contributed by atoms with van der Waals surface area (Å²) in [7, 11) is 1.38. The van der Waals surface area contributed by atoms with Crippen molar-refractivity contribution in [2.45, 2.75) is 26.3 Å². The first-order valence-electron chi connectivity index (χ1n) is 10.8. The van der Waals surface area contributed by atoms with Crippen molar-refractivity contribution in [3.05, 3.63) is 93.5 Å². The van der Waals surface area contributed by atoms with Crippen LogP contribution in [-0.4, -0.2) is 28.3 Å². The smallest absolute Gasteiger partial charge is 0.332 e. The van der Waals surface area contributed by atoms with Gasteiger partial charge in [0.05, 0.1) is 17.7 Å². The highest BCUT2D eigenvalue weighted by atomic mass is 32.1. The van der Waals surface area contributed by atoms with E-state index in [1.54, 1.807) is 30.3 Å². The topological polar surface area (TPSA) is 114 Å². The molecule has 0 fully saturated rings. The fourth-order valence-electron chi connectivity index (χ4n) is 3.63. The van der Waals surface area contributed by atoms with Crippen LogP contribution in [0.4, 0.5) is 21.9 Å². The second-order valence-electron chi connectivity index (χ2n) is 7.68. The molecule has 3 amide bonds. The second-order valence-corrected chi connectivity index (χ2v) is 8.11. The largest absolute Gasteiger partial charge is 0.495 e. The maximum Gasteiger partial charge on any atom is 0.332 e. The summed E-state index contributed by atoms with van der Waals surface area (Å²) in [6.45, 7) is 3.88. The lowest BCUT2D eigenvalue weighted by Gasteiger charge is -2.27. The number of anilines is 2. The zero-order chi connectivity index (χ0) is 25.5. The Hall–Kier alpha value is -4.05. The van der Waals surface area contributed by atoms with Gasteiger partial charge in [-0.15, -0.1) is 0 Å². The van der Waals surface area contributed by atoms with Crippen LogP contribution in [0.3, 0.4) is 0 Å². The number of urea groups is 1. The number of nitro benzene ring substituents is 1. The van der Waals surface area contributed by atoms with E-state index in [1.165, 1.54) is 25.3 Å². The standard InChI is InChI=1S/C25H26N4O5S/c1-4-17-12-8-9-16(2)22(17)27-24(30)23(18-10-6-5-7-11-18)28(35)25(31)26-20-15-19(29(32)33)13-14-21(20)34-3/h5-15,23,35H,4H2,1-3H3,(H,26,31)(H,27,30). The normalized spacial score (nSPS) is 11.3. The number of hydrogen-bond acceptors (Lipinski definition) is 6. The molecule has 35 heavy (non-hydrogen) atoms. The molecule has 0 radical (unpaired) electrons. The fourth-order valence-corrected chi connectivity index (χ4v) is 3.92. The Kier molecular flexibility index (Phi) is 8.32. The molecule has 1 unspecified atom stereocenters. The zero-order valence-corrected chi connectivity index (χ0v) is 20.4. The molecule has 1 atom stereocenters. The summed E-state index contributed by atoms with van der Waals surface area (Å²) >= 11 is 4.36. The van der Waals surface area contributed by atoms with E-state index in [-0.39, 0.29) is 17.1 Å². The number of non-ortho nitro benzene ring substituents is 1. The van der Waals surface area contributed by atoms with E-state index in [0.29, 0.717) is 17.7 Å². The highest BCUT2D eigenvalue weighted by molar-refractivity contribution is 7.78. The summed E-state index contributed by atoms with van der Waals surface area (Å²) in [5.41, 5.74) is 2.92. The molecule has 0 aliphatic heterocycles. The van der Waals surface area contributed by atoms with Crippen LogP contribution in [0.2, 0.25) is 0 Å². The number of carbonyl (C=O) groups is 2. The van der Waals surface area contributed by atoms with E-state index < -0.39 is 22.9 Å². The number of nitrogens with zero attached hydrogens (tertiary/aromatic N) is 2. The first-order chi connectivity index (χ1) is 16.8. The molecule has 3 aromatic rings. The van der Waals surface area contributed by atoms with Gasteiger partial charge in [0.2, 0.25) is 0 Å². The van der Waals surface area contributed by atoms with Crippen molar-refractivity contribution in [1.29, 1.82) is 0 Å². The summed E-state index contributed by atoms with van der Waals surface area (Å²) in [6.07, 6.45) is 0.713. The molecule has 0 bridgehead atoms. The number of methoxy groups -OCH3 is 1. The molecule has 9 nitrogen and oxygen atoms in total. The maximum absolute atomic E-state index is 13.5. The zero-order valence-electron chi connectivity index (χ0n) is 19.5. The van der Waals surface area contributed by atoms with Crippen molar-refractivity contribution in [2.24, 2.45) is 0 Å². The van der Waals surface area contributed by atoms with Crippen molar-refractivity contribution in [3.63, 3.8) is 0 Å². The lowest BCUT2D eigenvalue weighted by atomic mass is 10.0. The molecule has 0 aliphatic rings. The van der Waals surface area contributed by atoms with Crippen LogP contribution >= 0.6 is 12.8 Å². The fraction of sp³-hybridized carbons (Fsp3) is 0.200. The molecule has 0 saturated heterocycles. The number of carbonyl (C=O) groups excluding carboxylic acids is 2. The van der Waals surface area contributed by atoms with E-state index in [0.717, 1.165) is 15.4 Å². The van der Waals surface area contributed by atoms with E-state index in [9.17, 15) is 19.7 Å². The quantitative estimate of drug-likeness (QED) is 0.216. The maximum atomic E-state index is 13.5. The molecule has 0 heterocycles. The molecular weight excluding hydrogens is 468 g/mol. The Morgan fingerprint density at radius 1 is 1.09 bits per heavy atom. The van der Waals surface area contributed by atoms with Gasteiger partial charge in [-0.05, 0) is 36.1 Å². The molecule has 0 aromatic heterocycles. The van der Waals surface area contributed by atoms with Gasteiger partial charge in [-0.2, -0.15) is 0 Å². The number of nitrogens with one attached hydrogen (secondary N) is 2. The minimum atomic E-state index is -1.10. The summed E-state index contributed by atoms with van der Waals surface area (Å²) < 4.78 is 6.16. The molecule has 3 rings (SSSR count). The number of aryl methyl sites for hydroxylation is 2. The molecule has 0 saturated carbocycles. The first kappa shape index (κ1) is 25.6. The van der Waals surface area contributed by atoms with Gasteiger partial charge in [-0.25, -0.2) is 4.79 Å². The van der Waals surface area contributed by atoms with Gasteiger partial charge in [-0.3, -0.25) is 19.2 Å². The molecule has 182 valence electrons. The van der Waals surface area contributed by atoms with Gasteiger partial charge in [0.1, 0.15) is 11.8 Å². The number of nitro groups is 1. The van der Waals surface area contributed by atoms with Gasteiger partial charge in [0.25, 0.3) is 11.6 Å². The molecule has 10 heteroatoms. The second kappa shape index (κ2) is 11.4. The number of amides is 3. The van der Waals surface area contributed by atoms with Crippen LogP contribution in [0, 0.1) is 17.0 Å². The van der Waals surface area contributed by atoms with Crippen molar-refractivity contribution in [3.8, 4) is 5.75 Å². The Bertz CT molecular complexity index is 1240. The highest BCUT2D eigenvalue weighted by Crippen LogP contribution is 2.32. The number of benzene rings is 3. The van der Waals surface area contributed by atoms with Crippen molar-refractivity contribution < 1.29 is 19.2 Å². The summed E-state index contributed by atoms with van der Waals surface area (Å²) in [5.74, 6) is -0.241. The third-order valence-electron chi connectivity index (χ3n) is 5.44. The van der Waals surface area contributed by atoms with Crippen LogP contribution < -0.4 is 15.4 Å². The van der Waals surface area contributed by atoms with Gasteiger partial charge in [0, 0.05) is 17.8 Å². The number of rotatable bonds is 8. The molecule has 0 spiro atoms. The average Bonchev–Trinajstić information content (AvgIpc) is 2.85. The lowest BCUT2D eigenvalue weighted by molar-refractivity contribution is -0.384.